The highest BCUT2D eigenvalue weighted by molar-refractivity contribution is 9.11. The standard InChI is InChI=1S/C9H11BrN2O4S2/c1-12-6(9(13)14)4-5(11-18(12,15)16)7-2-3-8(10)17-7/h2-3,5-6,11H,4H2,1H3,(H,13,14)/t5-,6+/m1/s1. The molecule has 2 N–H and O–H groups in total. The van der Waals surface area contributed by atoms with Crippen LogP contribution in [0, 0.1) is 0 Å². The summed E-state index contributed by atoms with van der Waals surface area (Å²) in [5, 5.41) is 9.07. The second-order valence-electron chi connectivity index (χ2n) is 3.92. The molecule has 0 aliphatic carbocycles. The van der Waals surface area contributed by atoms with E-state index in [1.807, 2.05) is 6.07 Å². The molecule has 0 spiro atoms. The van der Waals surface area contributed by atoms with E-state index in [0.717, 1.165) is 13.0 Å². The first-order valence-electron chi connectivity index (χ1n) is 5.04. The number of carboxylic acid groups (broad SMARTS) is 1. The van der Waals surface area contributed by atoms with E-state index in [2.05, 4.69) is 20.7 Å². The van der Waals surface area contributed by atoms with Crippen molar-refractivity contribution in [2.45, 2.75) is 18.5 Å². The summed E-state index contributed by atoms with van der Waals surface area (Å²) in [4.78, 5) is 11.9. The van der Waals surface area contributed by atoms with Crippen molar-refractivity contribution in [2.75, 3.05) is 7.05 Å². The molecule has 9 heteroatoms. The van der Waals surface area contributed by atoms with Gasteiger partial charge in [0.1, 0.15) is 6.04 Å². The van der Waals surface area contributed by atoms with E-state index in [9.17, 15) is 13.2 Å². The first kappa shape index (κ1) is 13.9. The average molecular weight is 355 g/mol. The maximum absolute atomic E-state index is 11.8. The Balaban J connectivity index is 2.33. The van der Waals surface area contributed by atoms with Gasteiger partial charge < -0.3 is 5.11 Å². The van der Waals surface area contributed by atoms with Gasteiger partial charge in [-0.3, -0.25) is 4.79 Å². The monoisotopic (exact) mass is 354 g/mol. The van der Waals surface area contributed by atoms with E-state index in [4.69, 9.17) is 5.11 Å². The number of halogens is 1. The molecule has 1 aromatic heterocycles. The van der Waals surface area contributed by atoms with Crippen molar-refractivity contribution in [1.82, 2.24) is 9.03 Å². The van der Waals surface area contributed by atoms with Crippen LogP contribution in [-0.4, -0.2) is 36.9 Å². The van der Waals surface area contributed by atoms with E-state index in [-0.39, 0.29) is 6.42 Å². The zero-order chi connectivity index (χ0) is 13.5. The predicted octanol–water partition coefficient (Wildman–Crippen LogP) is 1.17. The van der Waals surface area contributed by atoms with Crippen molar-refractivity contribution >= 4 is 43.4 Å². The van der Waals surface area contributed by atoms with Gasteiger partial charge in [0.05, 0.1) is 9.83 Å². The van der Waals surface area contributed by atoms with Crippen molar-refractivity contribution in [3.63, 3.8) is 0 Å². The molecule has 1 saturated heterocycles. The summed E-state index contributed by atoms with van der Waals surface area (Å²) in [5.41, 5.74) is 0. The fourth-order valence-corrected chi connectivity index (χ4v) is 4.62. The van der Waals surface area contributed by atoms with Gasteiger partial charge in [-0.2, -0.15) is 17.4 Å². The molecular formula is C9H11BrN2O4S2. The third-order valence-corrected chi connectivity index (χ3v) is 6.12. The average Bonchev–Trinajstić information content (AvgIpc) is 2.68. The van der Waals surface area contributed by atoms with Gasteiger partial charge in [0.2, 0.25) is 0 Å². The van der Waals surface area contributed by atoms with Gasteiger partial charge in [0, 0.05) is 11.9 Å². The molecule has 1 aromatic rings. The lowest BCUT2D eigenvalue weighted by atomic mass is 10.1. The fourth-order valence-electron chi connectivity index (χ4n) is 1.80. The van der Waals surface area contributed by atoms with E-state index in [1.54, 1.807) is 6.07 Å². The molecule has 100 valence electrons. The smallest absolute Gasteiger partial charge is 0.322 e. The van der Waals surface area contributed by atoms with Gasteiger partial charge in [0.25, 0.3) is 10.2 Å². The molecule has 0 radical (unpaired) electrons. The highest BCUT2D eigenvalue weighted by Gasteiger charge is 2.40. The van der Waals surface area contributed by atoms with Crippen LogP contribution in [0.4, 0.5) is 0 Å². The molecule has 0 amide bonds. The number of hydrogen-bond acceptors (Lipinski definition) is 4. The summed E-state index contributed by atoms with van der Waals surface area (Å²) < 4.78 is 27.9. The van der Waals surface area contributed by atoms with Crippen LogP contribution in [0.25, 0.3) is 0 Å². The Kier molecular flexibility index (Phi) is 3.79. The number of nitrogens with one attached hydrogen (secondary N) is 1. The number of aliphatic carboxylic acids is 1. The highest BCUT2D eigenvalue weighted by atomic mass is 79.9. The molecule has 1 aliphatic heterocycles. The molecule has 6 nitrogen and oxygen atoms in total. The number of hydrogen-bond donors (Lipinski definition) is 2. The molecule has 2 atom stereocenters. The first-order chi connectivity index (χ1) is 8.31. The number of rotatable bonds is 2. The summed E-state index contributed by atoms with van der Waals surface area (Å²) in [7, 11) is -2.48. The van der Waals surface area contributed by atoms with E-state index >= 15 is 0 Å². The van der Waals surface area contributed by atoms with Gasteiger partial charge in [-0.05, 0) is 34.5 Å². The Morgan fingerprint density at radius 1 is 1.61 bits per heavy atom. The number of likely N-dealkylation sites (N-methyl/N-ethyl adjacent to an activating group) is 1. The molecule has 1 fully saturated rings. The minimum Gasteiger partial charge on any atom is -0.480 e. The summed E-state index contributed by atoms with van der Waals surface area (Å²) in [6.07, 6.45) is 0.206. The van der Waals surface area contributed by atoms with Gasteiger partial charge in [-0.15, -0.1) is 11.3 Å². The van der Waals surface area contributed by atoms with Crippen LogP contribution in [-0.2, 0) is 15.0 Å². The Bertz CT molecular complexity index is 571. The van der Waals surface area contributed by atoms with Crippen molar-refractivity contribution in [3.05, 3.63) is 20.8 Å². The third kappa shape index (κ3) is 2.59. The van der Waals surface area contributed by atoms with Crippen LogP contribution in [0.3, 0.4) is 0 Å². The van der Waals surface area contributed by atoms with E-state index in [1.165, 1.54) is 18.4 Å². The number of carbonyl (C=O) groups is 1. The minimum absolute atomic E-state index is 0.206. The molecule has 1 aliphatic rings. The van der Waals surface area contributed by atoms with Gasteiger partial charge in [-0.25, -0.2) is 0 Å². The molecule has 0 unspecified atom stereocenters. The molecule has 0 saturated carbocycles. The lowest BCUT2D eigenvalue weighted by molar-refractivity contribution is -0.141. The molecular weight excluding hydrogens is 344 g/mol. The van der Waals surface area contributed by atoms with Crippen LogP contribution < -0.4 is 4.72 Å². The second-order valence-corrected chi connectivity index (χ2v) is 8.18. The SMILES string of the molecule is CN1[C@H](C(=O)O)C[C@H](c2ccc(Br)s2)NS1(=O)=O. The van der Waals surface area contributed by atoms with Crippen LogP contribution in [0.2, 0.25) is 0 Å². The van der Waals surface area contributed by atoms with Gasteiger partial charge in [0.15, 0.2) is 0 Å². The lowest BCUT2D eigenvalue weighted by Crippen LogP contribution is -2.54. The zero-order valence-corrected chi connectivity index (χ0v) is 12.5. The topological polar surface area (TPSA) is 86.7 Å². The molecule has 0 aromatic carbocycles. The van der Waals surface area contributed by atoms with Crippen LogP contribution >= 0.6 is 27.3 Å². The third-order valence-electron chi connectivity index (χ3n) is 2.79. The lowest BCUT2D eigenvalue weighted by Gasteiger charge is -2.34. The van der Waals surface area contributed by atoms with E-state index < -0.39 is 28.3 Å². The quantitative estimate of drug-likeness (QED) is 0.834. The fraction of sp³-hybridized carbons (Fsp3) is 0.444. The van der Waals surface area contributed by atoms with Crippen molar-refractivity contribution in [1.29, 1.82) is 0 Å². The van der Waals surface area contributed by atoms with Crippen LogP contribution in [0.1, 0.15) is 17.3 Å². The maximum atomic E-state index is 11.8. The normalized spacial score (nSPS) is 28.1. The number of nitrogens with zero attached hydrogens (tertiary/aromatic N) is 1. The Hall–Kier alpha value is -0.480. The molecule has 18 heavy (non-hydrogen) atoms. The zero-order valence-electron chi connectivity index (χ0n) is 9.33. The summed E-state index contributed by atoms with van der Waals surface area (Å²) in [6, 6.07) is 2.06. The van der Waals surface area contributed by atoms with Crippen molar-refractivity contribution in [2.24, 2.45) is 0 Å². The molecule has 2 rings (SSSR count). The largest absolute Gasteiger partial charge is 0.480 e. The summed E-state index contributed by atoms with van der Waals surface area (Å²) in [6.45, 7) is 0. The van der Waals surface area contributed by atoms with Crippen molar-refractivity contribution < 1.29 is 18.3 Å². The first-order valence-corrected chi connectivity index (χ1v) is 8.09. The Labute approximate surface area is 117 Å². The van der Waals surface area contributed by atoms with Crippen LogP contribution in [0.5, 0.6) is 0 Å². The number of thiophene rings is 1. The highest BCUT2D eigenvalue weighted by Crippen LogP contribution is 2.33. The summed E-state index contributed by atoms with van der Waals surface area (Å²) >= 11 is 4.69. The maximum Gasteiger partial charge on any atom is 0.322 e. The minimum atomic E-state index is -3.75. The molecule has 0 bridgehead atoms. The van der Waals surface area contributed by atoms with E-state index in [0.29, 0.717) is 0 Å². The predicted molar refractivity (Wildman–Crippen MR) is 70.6 cm³/mol. The Morgan fingerprint density at radius 2 is 2.28 bits per heavy atom. The van der Waals surface area contributed by atoms with Gasteiger partial charge in [-0.1, -0.05) is 0 Å². The molecule has 2 heterocycles. The van der Waals surface area contributed by atoms with Crippen molar-refractivity contribution in [3.8, 4) is 0 Å². The number of carboxylic acids is 1. The summed E-state index contributed by atoms with van der Waals surface area (Å²) in [5.74, 6) is -1.14. The van der Waals surface area contributed by atoms with Crippen LogP contribution in [0.15, 0.2) is 15.9 Å². The van der Waals surface area contributed by atoms with Gasteiger partial charge >= 0.3 is 5.97 Å². The Morgan fingerprint density at radius 3 is 2.78 bits per heavy atom. The second kappa shape index (κ2) is 4.89.